The third-order valence-electron chi connectivity index (χ3n) is 2.13. The van der Waals surface area contributed by atoms with E-state index in [9.17, 15) is 0 Å². The third kappa shape index (κ3) is 15.8. The molecule has 0 amide bonds. The van der Waals surface area contributed by atoms with Crippen molar-refractivity contribution in [2.75, 3.05) is 59.8 Å². The number of rotatable bonds is 15. The van der Waals surface area contributed by atoms with Gasteiger partial charge in [-0.3, -0.25) is 0 Å². The second kappa shape index (κ2) is 16.8. The van der Waals surface area contributed by atoms with Crippen molar-refractivity contribution in [1.29, 1.82) is 0 Å². The summed E-state index contributed by atoms with van der Waals surface area (Å²) in [5.74, 6) is 0. The van der Waals surface area contributed by atoms with Crippen LogP contribution in [0.2, 0.25) is 0 Å². The summed E-state index contributed by atoms with van der Waals surface area (Å²) >= 11 is 0. The van der Waals surface area contributed by atoms with Crippen LogP contribution in [0.25, 0.3) is 0 Å². The predicted molar refractivity (Wildman–Crippen MR) is 72.9 cm³/mol. The summed E-state index contributed by atoms with van der Waals surface area (Å²) in [5.41, 5.74) is 5.34. The number of nitrogens with one attached hydrogen (secondary N) is 1. The van der Waals surface area contributed by atoms with E-state index in [4.69, 9.17) is 24.6 Å². The monoisotopic (exact) mass is 262 g/mol. The SMILES string of the molecule is COBNCCCOCCOCCOCCCN. The van der Waals surface area contributed by atoms with Crippen LogP contribution in [0.1, 0.15) is 12.8 Å². The highest BCUT2D eigenvalue weighted by molar-refractivity contribution is 6.23. The molecule has 0 aromatic heterocycles. The minimum absolute atomic E-state index is 0.591. The summed E-state index contributed by atoms with van der Waals surface area (Å²) in [7, 11) is 2.26. The molecule has 108 valence electrons. The fourth-order valence-corrected chi connectivity index (χ4v) is 1.20. The quantitative estimate of drug-likeness (QED) is 0.299. The van der Waals surface area contributed by atoms with Gasteiger partial charge in [0.1, 0.15) is 0 Å². The van der Waals surface area contributed by atoms with E-state index in [0.717, 1.165) is 26.0 Å². The lowest BCUT2D eigenvalue weighted by Gasteiger charge is -2.06. The number of nitrogens with two attached hydrogens (primary N) is 1. The molecule has 0 aromatic rings. The maximum absolute atomic E-state index is 5.40. The molecule has 0 spiro atoms. The van der Waals surface area contributed by atoms with Gasteiger partial charge < -0.3 is 29.8 Å². The van der Waals surface area contributed by atoms with Gasteiger partial charge in [0.25, 0.3) is 0 Å². The van der Waals surface area contributed by atoms with Crippen LogP contribution in [0.3, 0.4) is 0 Å². The lowest BCUT2D eigenvalue weighted by atomic mass is 10.2. The Hall–Kier alpha value is -0.175. The van der Waals surface area contributed by atoms with Gasteiger partial charge in [-0.1, -0.05) is 0 Å². The lowest BCUT2D eigenvalue weighted by Crippen LogP contribution is -2.23. The Balaban J connectivity index is 2.86. The zero-order valence-corrected chi connectivity index (χ0v) is 11.5. The van der Waals surface area contributed by atoms with E-state index in [1.54, 1.807) is 7.11 Å². The van der Waals surface area contributed by atoms with E-state index in [0.29, 0.717) is 47.2 Å². The molecule has 3 N–H and O–H groups in total. The molecule has 0 aromatic carbocycles. The van der Waals surface area contributed by atoms with Gasteiger partial charge in [-0.05, 0) is 25.9 Å². The highest BCUT2D eigenvalue weighted by Gasteiger charge is 1.92. The molecule has 0 saturated heterocycles. The Morgan fingerprint density at radius 2 is 1.44 bits per heavy atom. The molecule has 0 bridgehead atoms. The fraction of sp³-hybridized carbons (Fsp3) is 1.00. The van der Waals surface area contributed by atoms with Crippen molar-refractivity contribution in [1.82, 2.24) is 5.23 Å². The van der Waals surface area contributed by atoms with Gasteiger partial charge >= 0.3 is 7.62 Å². The van der Waals surface area contributed by atoms with Crippen LogP contribution in [0.15, 0.2) is 0 Å². The summed E-state index contributed by atoms with van der Waals surface area (Å²) in [6.07, 6.45) is 1.88. The second-order valence-corrected chi connectivity index (χ2v) is 3.77. The predicted octanol–water partition coefficient (Wildman–Crippen LogP) is -0.722. The van der Waals surface area contributed by atoms with Gasteiger partial charge in [0.15, 0.2) is 0 Å². The first-order chi connectivity index (χ1) is 8.91. The molecule has 0 heterocycles. The van der Waals surface area contributed by atoms with Gasteiger partial charge in [0.05, 0.1) is 26.4 Å². The van der Waals surface area contributed by atoms with Crippen molar-refractivity contribution in [3.05, 3.63) is 0 Å². The molecule has 0 saturated carbocycles. The molecule has 0 unspecified atom stereocenters. The molecular formula is C11H27BN2O4. The van der Waals surface area contributed by atoms with Crippen molar-refractivity contribution in [3.63, 3.8) is 0 Å². The Morgan fingerprint density at radius 1 is 0.889 bits per heavy atom. The Bertz CT molecular complexity index is 139. The summed E-state index contributed by atoms with van der Waals surface area (Å²) in [4.78, 5) is 0. The molecule has 6 nitrogen and oxygen atoms in total. The lowest BCUT2D eigenvalue weighted by molar-refractivity contribution is 0.0142. The maximum Gasteiger partial charge on any atom is 0.360 e. The summed E-state index contributed by atoms with van der Waals surface area (Å²) in [6.45, 7) is 5.53. The second-order valence-electron chi connectivity index (χ2n) is 3.77. The van der Waals surface area contributed by atoms with Crippen LogP contribution in [0.4, 0.5) is 0 Å². The van der Waals surface area contributed by atoms with Crippen LogP contribution >= 0.6 is 0 Å². The molecule has 0 radical (unpaired) electrons. The van der Waals surface area contributed by atoms with Gasteiger partial charge in [-0.2, -0.15) is 0 Å². The average molecular weight is 262 g/mol. The Labute approximate surface area is 111 Å². The van der Waals surface area contributed by atoms with Crippen molar-refractivity contribution >= 4 is 7.62 Å². The minimum Gasteiger partial charge on any atom is -0.427 e. The van der Waals surface area contributed by atoms with Gasteiger partial charge in [0, 0.05) is 20.3 Å². The number of hydrogen-bond donors (Lipinski definition) is 2. The zero-order chi connectivity index (χ0) is 13.3. The van der Waals surface area contributed by atoms with Crippen LogP contribution < -0.4 is 11.0 Å². The van der Waals surface area contributed by atoms with Crippen LogP contribution in [0, 0.1) is 0 Å². The molecule has 0 aliphatic heterocycles. The Morgan fingerprint density at radius 3 is 2.00 bits per heavy atom. The first-order valence-corrected chi connectivity index (χ1v) is 6.54. The van der Waals surface area contributed by atoms with E-state index < -0.39 is 0 Å². The Kier molecular flexibility index (Phi) is 16.7. The zero-order valence-electron chi connectivity index (χ0n) is 11.5. The van der Waals surface area contributed by atoms with Gasteiger partial charge in [-0.25, -0.2) is 0 Å². The van der Waals surface area contributed by atoms with E-state index in [2.05, 4.69) is 5.23 Å². The van der Waals surface area contributed by atoms with Crippen LogP contribution in [-0.2, 0) is 18.9 Å². The molecule has 0 aliphatic rings. The summed E-state index contributed by atoms with van der Waals surface area (Å²) in [5, 5.41) is 3.11. The highest BCUT2D eigenvalue weighted by Crippen LogP contribution is 1.84. The van der Waals surface area contributed by atoms with Gasteiger partial charge in [-0.15, -0.1) is 0 Å². The van der Waals surface area contributed by atoms with Crippen molar-refractivity contribution < 1.29 is 18.9 Å². The van der Waals surface area contributed by atoms with E-state index in [-0.39, 0.29) is 0 Å². The van der Waals surface area contributed by atoms with Crippen molar-refractivity contribution in [3.8, 4) is 0 Å². The standard InChI is InChI=1S/C11H27BN2O4/c1-15-12-14-5-3-7-17-9-11-18-10-8-16-6-2-4-13/h12,14H,2-11,13H2,1H3. The smallest absolute Gasteiger partial charge is 0.360 e. The van der Waals surface area contributed by atoms with Crippen molar-refractivity contribution in [2.45, 2.75) is 12.8 Å². The van der Waals surface area contributed by atoms with E-state index in [1.165, 1.54) is 0 Å². The van der Waals surface area contributed by atoms with Crippen molar-refractivity contribution in [2.24, 2.45) is 5.73 Å². The summed E-state index contributed by atoms with van der Waals surface area (Å²) in [6, 6.07) is 0. The third-order valence-corrected chi connectivity index (χ3v) is 2.13. The van der Waals surface area contributed by atoms with Crippen LogP contribution in [-0.4, -0.2) is 67.5 Å². The van der Waals surface area contributed by atoms with Gasteiger partial charge in [0.2, 0.25) is 0 Å². The van der Waals surface area contributed by atoms with E-state index in [1.807, 2.05) is 0 Å². The largest absolute Gasteiger partial charge is 0.427 e. The molecule has 0 rings (SSSR count). The minimum atomic E-state index is 0.591. The highest BCUT2D eigenvalue weighted by atomic mass is 16.5. The maximum atomic E-state index is 5.40. The average Bonchev–Trinajstić information content (AvgIpc) is 2.39. The first kappa shape index (κ1) is 17.8. The molecule has 0 fully saturated rings. The summed E-state index contributed by atoms with van der Waals surface area (Å²) < 4.78 is 20.9. The molecule has 7 heteroatoms. The number of ether oxygens (including phenoxy) is 3. The number of hydrogen-bond acceptors (Lipinski definition) is 6. The normalized spacial score (nSPS) is 10.8. The molecule has 18 heavy (non-hydrogen) atoms. The first-order valence-electron chi connectivity index (χ1n) is 6.54. The molecule has 0 atom stereocenters. The fourth-order valence-electron chi connectivity index (χ4n) is 1.20. The van der Waals surface area contributed by atoms with Crippen LogP contribution in [0.5, 0.6) is 0 Å². The molecular weight excluding hydrogens is 235 g/mol. The van der Waals surface area contributed by atoms with E-state index >= 15 is 0 Å². The topological polar surface area (TPSA) is 75.0 Å². The molecule has 0 aliphatic carbocycles.